The molecule has 0 atom stereocenters. The maximum Gasteiger partial charge on any atom is 0.225 e. The van der Waals surface area contributed by atoms with Crippen molar-refractivity contribution in [2.75, 3.05) is 18.1 Å². The van der Waals surface area contributed by atoms with E-state index in [1.807, 2.05) is 0 Å². The van der Waals surface area contributed by atoms with Crippen molar-refractivity contribution in [1.82, 2.24) is 4.31 Å². The molecule has 0 saturated heterocycles. The van der Waals surface area contributed by atoms with Crippen molar-refractivity contribution in [3.63, 3.8) is 0 Å². The van der Waals surface area contributed by atoms with Crippen LogP contribution in [0.1, 0.15) is 12.0 Å². The van der Waals surface area contributed by atoms with E-state index in [2.05, 4.69) is 5.32 Å². The number of anilines is 1. The van der Waals surface area contributed by atoms with Gasteiger partial charge in [0.05, 0.1) is 11.9 Å². The van der Waals surface area contributed by atoms with Gasteiger partial charge in [0.1, 0.15) is 11.6 Å². The van der Waals surface area contributed by atoms with Crippen molar-refractivity contribution in [3.05, 3.63) is 65.7 Å². The molecule has 0 aromatic heterocycles. The van der Waals surface area contributed by atoms with Gasteiger partial charge in [0.2, 0.25) is 15.9 Å². The second-order valence-electron chi connectivity index (χ2n) is 5.47. The Morgan fingerprint density at radius 3 is 2.24 bits per heavy atom. The summed E-state index contributed by atoms with van der Waals surface area (Å²) in [5.41, 5.74) is 0.231. The molecule has 0 aliphatic carbocycles. The summed E-state index contributed by atoms with van der Waals surface area (Å²) >= 11 is 0. The lowest BCUT2D eigenvalue weighted by Crippen LogP contribution is -2.33. The second kappa shape index (κ2) is 8.17. The Balaban J connectivity index is 2.02. The van der Waals surface area contributed by atoms with Crippen LogP contribution in [0.15, 0.2) is 48.5 Å². The summed E-state index contributed by atoms with van der Waals surface area (Å²) in [4.78, 5) is 11.9. The van der Waals surface area contributed by atoms with Crippen LogP contribution in [0.4, 0.5) is 14.5 Å². The number of carbonyl (C=O) groups is 1. The first kappa shape index (κ1) is 19.0. The molecule has 0 aliphatic heterocycles. The number of sulfonamides is 1. The average molecular weight is 368 g/mol. The number of carbonyl (C=O) groups excluding carboxylic acids is 1. The molecule has 2 aromatic rings. The Kier molecular flexibility index (Phi) is 6.22. The zero-order chi connectivity index (χ0) is 18.4. The van der Waals surface area contributed by atoms with Crippen LogP contribution in [0, 0.1) is 11.6 Å². The van der Waals surface area contributed by atoms with E-state index in [0.29, 0.717) is 0 Å². The van der Waals surface area contributed by atoms with Crippen molar-refractivity contribution in [2.45, 2.75) is 13.0 Å². The van der Waals surface area contributed by atoms with Gasteiger partial charge < -0.3 is 5.32 Å². The van der Waals surface area contributed by atoms with Gasteiger partial charge in [-0.25, -0.2) is 17.2 Å². The van der Waals surface area contributed by atoms with Gasteiger partial charge in [-0.3, -0.25) is 4.79 Å². The summed E-state index contributed by atoms with van der Waals surface area (Å²) in [5, 5.41) is 2.38. The van der Waals surface area contributed by atoms with Crippen LogP contribution in [0.3, 0.4) is 0 Å². The van der Waals surface area contributed by atoms with E-state index in [1.54, 1.807) is 12.1 Å². The predicted octanol–water partition coefficient (Wildman–Crippen LogP) is 2.76. The normalized spacial score (nSPS) is 11.5. The molecule has 0 radical (unpaired) electrons. The number of halogens is 2. The highest BCUT2D eigenvalue weighted by Gasteiger charge is 2.20. The molecule has 0 fully saturated rings. The van der Waals surface area contributed by atoms with E-state index in [0.717, 1.165) is 10.6 Å². The fraction of sp³-hybridized carbons (Fsp3) is 0.235. The number of hydrogen-bond acceptors (Lipinski definition) is 3. The van der Waals surface area contributed by atoms with Crippen molar-refractivity contribution >= 4 is 21.6 Å². The van der Waals surface area contributed by atoms with Crippen LogP contribution < -0.4 is 5.32 Å². The molecule has 134 valence electrons. The molecule has 0 spiro atoms. The van der Waals surface area contributed by atoms with Crippen molar-refractivity contribution in [2.24, 2.45) is 0 Å². The summed E-state index contributed by atoms with van der Waals surface area (Å²) in [6, 6.07) is 11.5. The van der Waals surface area contributed by atoms with E-state index in [1.165, 1.54) is 36.4 Å². The molecule has 0 heterocycles. The van der Waals surface area contributed by atoms with Crippen LogP contribution in [0.2, 0.25) is 0 Å². The number of hydrogen-bond donors (Lipinski definition) is 1. The minimum atomic E-state index is -3.64. The minimum Gasteiger partial charge on any atom is -0.324 e. The molecule has 0 saturated carbocycles. The van der Waals surface area contributed by atoms with Gasteiger partial charge in [-0.2, -0.15) is 4.31 Å². The van der Waals surface area contributed by atoms with Crippen LogP contribution in [0.25, 0.3) is 0 Å². The molecule has 2 rings (SSSR count). The zero-order valence-corrected chi connectivity index (χ0v) is 14.4. The van der Waals surface area contributed by atoms with Gasteiger partial charge in [-0.15, -0.1) is 0 Å². The molecule has 0 unspecified atom stereocenters. The summed E-state index contributed by atoms with van der Waals surface area (Å²) in [5.74, 6) is -1.64. The van der Waals surface area contributed by atoms with Gasteiger partial charge in [0, 0.05) is 25.1 Å². The molecule has 25 heavy (non-hydrogen) atoms. The Morgan fingerprint density at radius 2 is 1.64 bits per heavy atom. The van der Waals surface area contributed by atoms with Gasteiger partial charge in [0.15, 0.2) is 0 Å². The Bertz CT molecular complexity index is 856. The third kappa shape index (κ3) is 5.61. The predicted molar refractivity (Wildman–Crippen MR) is 91.3 cm³/mol. The number of nitrogens with zero attached hydrogens (tertiary/aromatic N) is 1. The largest absolute Gasteiger partial charge is 0.324 e. The monoisotopic (exact) mass is 368 g/mol. The molecular weight excluding hydrogens is 350 g/mol. The summed E-state index contributed by atoms with van der Waals surface area (Å²) in [7, 11) is -3.64. The fourth-order valence-electron chi connectivity index (χ4n) is 2.18. The standard InChI is InChI=1S/C17H18F2N2O3S/c1-25(23,24)21(12-13-6-2-3-7-14(13)18)11-10-17(22)20-16-9-5-4-8-15(16)19/h2-9H,10-12H2,1H3,(H,20,22). The lowest BCUT2D eigenvalue weighted by atomic mass is 10.2. The molecule has 5 nitrogen and oxygen atoms in total. The number of amides is 1. The van der Waals surface area contributed by atoms with Gasteiger partial charge in [0.25, 0.3) is 0 Å². The van der Waals surface area contributed by atoms with Crippen molar-refractivity contribution in [3.8, 4) is 0 Å². The Labute approximate surface area is 145 Å². The number of para-hydroxylation sites is 1. The van der Waals surface area contributed by atoms with Gasteiger partial charge >= 0.3 is 0 Å². The van der Waals surface area contributed by atoms with E-state index in [9.17, 15) is 22.0 Å². The highest BCUT2D eigenvalue weighted by atomic mass is 32.2. The number of benzene rings is 2. The smallest absolute Gasteiger partial charge is 0.225 e. The first-order valence-electron chi connectivity index (χ1n) is 7.50. The SMILES string of the molecule is CS(=O)(=O)N(CCC(=O)Nc1ccccc1F)Cc1ccccc1F. The fourth-order valence-corrected chi connectivity index (χ4v) is 2.98. The van der Waals surface area contributed by atoms with Crippen molar-refractivity contribution < 1.29 is 22.0 Å². The van der Waals surface area contributed by atoms with E-state index >= 15 is 0 Å². The van der Waals surface area contributed by atoms with Crippen molar-refractivity contribution in [1.29, 1.82) is 0 Å². The van der Waals surface area contributed by atoms with E-state index in [4.69, 9.17) is 0 Å². The van der Waals surface area contributed by atoms with E-state index < -0.39 is 27.6 Å². The first-order valence-corrected chi connectivity index (χ1v) is 9.35. The molecule has 8 heteroatoms. The first-order chi connectivity index (χ1) is 11.8. The quantitative estimate of drug-likeness (QED) is 0.817. The second-order valence-corrected chi connectivity index (χ2v) is 7.45. The van der Waals surface area contributed by atoms with Crippen LogP contribution >= 0.6 is 0 Å². The minimum absolute atomic E-state index is 0.0208. The molecule has 0 aliphatic rings. The maximum atomic E-state index is 13.7. The molecule has 1 amide bonds. The molecule has 1 N–H and O–H groups in total. The summed E-state index contributed by atoms with van der Waals surface area (Å²) < 4.78 is 52.0. The zero-order valence-electron chi connectivity index (χ0n) is 13.6. The van der Waals surface area contributed by atoms with Crippen LogP contribution in [-0.2, 0) is 21.4 Å². The average Bonchev–Trinajstić information content (AvgIpc) is 2.54. The lowest BCUT2D eigenvalue weighted by molar-refractivity contribution is -0.116. The summed E-state index contributed by atoms with van der Waals surface area (Å²) in [6.07, 6.45) is 0.804. The summed E-state index contributed by atoms with van der Waals surface area (Å²) in [6.45, 7) is -0.327. The topological polar surface area (TPSA) is 66.5 Å². The third-order valence-corrected chi connectivity index (χ3v) is 4.76. The maximum absolute atomic E-state index is 13.7. The molecule has 0 bridgehead atoms. The number of rotatable bonds is 7. The van der Waals surface area contributed by atoms with Crippen LogP contribution in [-0.4, -0.2) is 31.4 Å². The van der Waals surface area contributed by atoms with E-state index in [-0.39, 0.29) is 30.8 Å². The molecular formula is C17H18F2N2O3S. The Hall–Kier alpha value is -2.32. The highest BCUT2D eigenvalue weighted by Crippen LogP contribution is 2.15. The van der Waals surface area contributed by atoms with Gasteiger partial charge in [-0.05, 0) is 18.2 Å². The third-order valence-electron chi connectivity index (χ3n) is 3.51. The highest BCUT2D eigenvalue weighted by molar-refractivity contribution is 7.88. The molecule has 2 aromatic carbocycles. The lowest BCUT2D eigenvalue weighted by Gasteiger charge is -2.20. The van der Waals surface area contributed by atoms with Crippen LogP contribution in [0.5, 0.6) is 0 Å². The number of nitrogens with one attached hydrogen (secondary N) is 1. The Morgan fingerprint density at radius 1 is 1.04 bits per heavy atom. The van der Waals surface area contributed by atoms with Gasteiger partial charge in [-0.1, -0.05) is 30.3 Å².